The number of carbonyl (C=O) groups is 3. The minimum absolute atomic E-state index is 0.130. The number of aldehydes is 1. The minimum atomic E-state index is -0.456. The Kier molecular flexibility index (Phi) is 7.50. The first-order valence-corrected chi connectivity index (χ1v) is 11.5. The van der Waals surface area contributed by atoms with E-state index in [4.69, 9.17) is 4.74 Å². The molecule has 12 nitrogen and oxygen atoms in total. The summed E-state index contributed by atoms with van der Waals surface area (Å²) in [6.45, 7) is 3.26. The predicted octanol–water partition coefficient (Wildman–Crippen LogP) is 2.31. The lowest BCUT2D eigenvalue weighted by Gasteiger charge is -2.29. The lowest BCUT2D eigenvalue weighted by molar-refractivity contribution is -0.129. The molecule has 12 heteroatoms. The number of aromatic nitrogens is 2. The first-order chi connectivity index (χ1) is 17.4. The number of rotatable bonds is 8. The fourth-order valence-corrected chi connectivity index (χ4v) is 4.10. The second-order valence-corrected chi connectivity index (χ2v) is 8.43. The van der Waals surface area contributed by atoms with Gasteiger partial charge in [0.05, 0.1) is 30.8 Å². The summed E-state index contributed by atoms with van der Waals surface area (Å²) in [6, 6.07) is 5.01. The number of anilines is 3. The first kappa shape index (κ1) is 24.7. The van der Waals surface area contributed by atoms with Crippen molar-refractivity contribution in [2.75, 3.05) is 42.3 Å². The number of ether oxygens (including phenoxy) is 1. The average molecular weight is 491 g/mol. The van der Waals surface area contributed by atoms with E-state index < -0.39 is 6.03 Å². The van der Waals surface area contributed by atoms with Crippen LogP contribution in [-0.2, 0) is 22.5 Å². The number of nitriles is 1. The van der Waals surface area contributed by atoms with Crippen molar-refractivity contribution in [3.8, 4) is 6.07 Å². The Morgan fingerprint density at radius 2 is 2.19 bits per heavy atom. The normalized spacial score (nSPS) is 14.7. The van der Waals surface area contributed by atoms with Gasteiger partial charge < -0.3 is 10.1 Å². The topological polar surface area (TPSA) is 153 Å². The molecule has 2 aliphatic rings. The van der Waals surface area contributed by atoms with Gasteiger partial charge in [0.25, 0.3) is 0 Å². The van der Waals surface area contributed by atoms with Gasteiger partial charge in [0.1, 0.15) is 23.4 Å². The Bertz CT molecular complexity index is 1270. The molecule has 0 aromatic carbocycles. The number of aryl methyl sites for hydroxylation is 1. The van der Waals surface area contributed by atoms with E-state index in [1.807, 2.05) is 6.07 Å². The fourth-order valence-electron chi connectivity index (χ4n) is 4.10. The van der Waals surface area contributed by atoms with Crippen LogP contribution in [0.4, 0.5) is 22.1 Å². The van der Waals surface area contributed by atoms with E-state index in [1.54, 1.807) is 20.1 Å². The largest absolute Gasteiger partial charge is 0.383 e. The molecule has 186 valence electrons. The molecule has 3 amide bonds. The molecule has 4 rings (SSSR count). The number of amides is 3. The zero-order chi connectivity index (χ0) is 25.7. The third-order valence-corrected chi connectivity index (χ3v) is 5.82. The molecule has 0 spiro atoms. The van der Waals surface area contributed by atoms with E-state index in [0.29, 0.717) is 61.5 Å². The Balaban J connectivity index is 1.55. The molecule has 0 unspecified atom stereocenters. The van der Waals surface area contributed by atoms with Crippen molar-refractivity contribution in [1.29, 1.82) is 5.26 Å². The highest BCUT2D eigenvalue weighted by Gasteiger charge is 2.28. The van der Waals surface area contributed by atoms with E-state index in [-0.39, 0.29) is 30.4 Å². The van der Waals surface area contributed by atoms with Crippen molar-refractivity contribution in [3.63, 3.8) is 0 Å². The maximum atomic E-state index is 13.2. The highest BCUT2D eigenvalue weighted by molar-refractivity contribution is 6.04. The molecule has 0 fully saturated rings. The average Bonchev–Trinajstić information content (AvgIpc) is 3.19. The van der Waals surface area contributed by atoms with Crippen molar-refractivity contribution < 1.29 is 19.1 Å². The summed E-state index contributed by atoms with van der Waals surface area (Å²) in [5, 5.41) is 20.7. The summed E-state index contributed by atoms with van der Waals surface area (Å²) in [5.74, 6) is 0.525. The van der Waals surface area contributed by atoms with Crippen LogP contribution in [0.5, 0.6) is 0 Å². The number of hydrazone groups is 1. The van der Waals surface area contributed by atoms with Gasteiger partial charge in [0, 0.05) is 43.7 Å². The van der Waals surface area contributed by atoms with Crippen LogP contribution in [-0.4, -0.2) is 65.7 Å². The van der Waals surface area contributed by atoms with Crippen LogP contribution in [0, 0.1) is 11.3 Å². The maximum absolute atomic E-state index is 13.2. The number of urea groups is 1. The molecular weight excluding hydrogens is 464 g/mol. The summed E-state index contributed by atoms with van der Waals surface area (Å²) in [6.07, 6.45) is 3.64. The van der Waals surface area contributed by atoms with Crippen LogP contribution in [0.2, 0.25) is 0 Å². The third kappa shape index (κ3) is 5.31. The third-order valence-electron chi connectivity index (χ3n) is 5.82. The first-order valence-electron chi connectivity index (χ1n) is 11.5. The van der Waals surface area contributed by atoms with Gasteiger partial charge in [0.15, 0.2) is 6.29 Å². The lowest BCUT2D eigenvalue weighted by Crippen LogP contribution is -2.40. The van der Waals surface area contributed by atoms with Crippen LogP contribution >= 0.6 is 0 Å². The summed E-state index contributed by atoms with van der Waals surface area (Å²) in [7, 11) is 1.58. The molecule has 0 radical (unpaired) electrons. The summed E-state index contributed by atoms with van der Waals surface area (Å²) < 4.78 is 5.02. The smallest absolute Gasteiger partial charge is 0.328 e. The maximum Gasteiger partial charge on any atom is 0.328 e. The quantitative estimate of drug-likeness (QED) is 0.422. The van der Waals surface area contributed by atoms with Gasteiger partial charge in [-0.15, -0.1) is 0 Å². The Morgan fingerprint density at radius 1 is 1.36 bits per heavy atom. The molecule has 0 saturated heterocycles. The number of carbonyl (C=O) groups excluding carboxylic acids is 3. The van der Waals surface area contributed by atoms with Gasteiger partial charge in [-0.2, -0.15) is 10.4 Å². The van der Waals surface area contributed by atoms with Gasteiger partial charge in [0.2, 0.25) is 5.91 Å². The molecule has 2 aromatic heterocycles. The SMILES string of the molecule is COCCNc1cc(NC(=O)N2CCCc3cc(CN4N=C(C)CC4=O)c(C=O)nc32)ncc1C#N. The molecule has 36 heavy (non-hydrogen) atoms. The van der Waals surface area contributed by atoms with Crippen LogP contribution in [0.3, 0.4) is 0 Å². The summed E-state index contributed by atoms with van der Waals surface area (Å²) in [4.78, 5) is 47.3. The van der Waals surface area contributed by atoms with E-state index in [2.05, 4.69) is 31.8 Å². The molecule has 0 saturated carbocycles. The van der Waals surface area contributed by atoms with E-state index >= 15 is 0 Å². The van der Waals surface area contributed by atoms with Gasteiger partial charge in [-0.1, -0.05) is 0 Å². The van der Waals surface area contributed by atoms with Crippen LogP contribution in [0.25, 0.3) is 0 Å². The monoisotopic (exact) mass is 490 g/mol. The molecule has 0 bridgehead atoms. The number of pyridine rings is 2. The Labute approximate surface area is 208 Å². The molecule has 2 N–H and O–H groups in total. The Morgan fingerprint density at radius 3 is 2.89 bits per heavy atom. The number of nitrogens with zero attached hydrogens (tertiary/aromatic N) is 6. The number of fused-ring (bicyclic) bond motifs is 1. The van der Waals surface area contributed by atoms with E-state index in [0.717, 1.165) is 11.3 Å². The summed E-state index contributed by atoms with van der Waals surface area (Å²) in [5.41, 5.74) is 3.13. The predicted molar refractivity (Wildman–Crippen MR) is 132 cm³/mol. The second-order valence-electron chi connectivity index (χ2n) is 8.43. The number of methoxy groups -OCH3 is 1. The van der Waals surface area contributed by atoms with Crippen molar-refractivity contribution in [3.05, 3.63) is 40.7 Å². The second kappa shape index (κ2) is 10.9. The zero-order valence-electron chi connectivity index (χ0n) is 20.1. The van der Waals surface area contributed by atoms with Crippen LogP contribution < -0.4 is 15.5 Å². The van der Waals surface area contributed by atoms with Gasteiger partial charge in [-0.3, -0.25) is 19.8 Å². The van der Waals surface area contributed by atoms with Crippen LogP contribution in [0.1, 0.15) is 46.9 Å². The molecule has 2 aromatic rings. The lowest BCUT2D eigenvalue weighted by atomic mass is 10.0. The molecule has 0 atom stereocenters. The number of hydrogen-bond acceptors (Lipinski definition) is 9. The van der Waals surface area contributed by atoms with Crippen molar-refractivity contribution in [2.24, 2.45) is 5.10 Å². The van der Waals surface area contributed by atoms with E-state index in [1.165, 1.54) is 16.1 Å². The highest BCUT2D eigenvalue weighted by atomic mass is 16.5. The van der Waals surface area contributed by atoms with E-state index in [9.17, 15) is 19.6 Å². The van der Waals surface area contributed by atoms with Crippen molar-refractivity contribution in [1.82, 2.24) is 15.0 Å². The minimum Gasteiger partial charge on any atom is -0.383 e. The highest BCUT2D eigenvalue weighted by Crippen LogP contribution is 2.29. The summed E-state index contributed by atoms with van der Waals surface area (Å²) >= 11 is 0. The fraction of sp³-hybridized carbons (Fsp3) is 0.375. The Hall–Kier alpha value is -4.37. The van der Waals surface area contributed by atoms with Crippen molar-refractivity contribution >= 4 is 41.3 Å². The van der Waals surface area contributed by atoms with Crippen molar-refractivity contribution in [2.45, 2.75) is 32.7 Å². The van der Waals surface area contributed by atoms with Gasteiger partial charge in [-0.25, -0.2) is 19.8 Å². The van der Waals surface area contributed by atoms with Gasteiger partial charge in [-0.05, 0) is 31.4 Å². The van der Waals surface area contributed by atoms with Gasteiger partial charge >= 0.3 is 6.03 Å². The number of hydrogen-bond donors (Lipinski definition) is 2. The molecule has 4 heterocycles. The zero-order valence-corrected chi connectivity index (χ0v) is 20.1. The standard InChI is InChI=1S/C24H26N8O4/c1-15-8-22(34)32(30-15)13-17-9-16-4-3-6-31(23(16)28-20(17)14-33)24(35)29-21-10-19(26-5-7-36-2)18(11-25)12-27-21/h9-10,12,14H,3-8,13H2,1-2H3,(H2,26,27,29,35). The molecular formula is C24H26N8O4. The van der Waals surface area contributed by atoms with Crippen LogP contribution in [0.15, 0.2) is 23.4 Å². The molecule has 0 aliphatic carbocycles. The molecule has 2 aliphatic heterocycles. The number of nitrogens with one attached hydrogen (secondary N) is 2.